The van der Waals surface area contributed by atoms with E-state index in [0.717, 1.165) is 25.9 Å². The van der Waals surface area contributed by atoms with E-state index in [-0.39, 0.29) is 34.3 Å². The fourth-order valence-electron chi connectivity index (χ4n) is 4.18. The van der Waals surface area contributed by atoms with Crippen molar-refractivity contribution in [2.75, 3.05) is 31.2 Å². The Kier molecular flexibility index (Phi) is 7.90. The van der Waals surface area contributed by atoms with Gasteiger partial charge in [-0.05, 0) is 75.1 Å². The van der Waals surface area contributed by atoms with Crippen LogP contribution in [-0.2, 0) is 6.18 Å². The smallest absolute Gasteiger partial charge is 0.383 e. The topological polar surface area (TPSA) is 90.9 Å². The average Bonchev–Trinajstić information content (AvgIpc) is 2.86. The molecule has 2 heterocycles. The number of nitrogen functional groups attached to an aromatic ring is 1. The third-order valence-corrected chi connectivity index (χ3v) is 6.69. The quantitative estimate of drug-likeness (QED) is 0.220. The number of aromatic nitrogens is 2. The van der Waals surface area contributed by atoms with Crippen LogP contribution in [0.1, 0.15) is 35.1 Å². The van der Waals surface area contributed by atoms with Gasteiger partial charge in [0.15, 0.2) is 0 Å². The van der Waals surface area contributed by atoms with Crippen molar-refractivity contribution in [3.63, 3.8) is 0 Å². The predicted molar refractivity (Wildman–Crippen MR) is 141 cm³/mol. The maximum absolute atomic E-state index is 14.7. The Morgan fingerprint density at radius 3 is 2.58 bits per heavy atom. The monoisotopic (exact) mass is 544 g/mol. The SMILES string of the molecule is Cc1ccc(-c2cc(C(F)(F)F)cc(Cl)c2F)cc1C#CC(=N)c1c(N)ncnc1NC1CCN(C)CC1. The lowest BCUT2D eigenvalue weighted by Gasteiger charge is -2.30. The number of piperidine rings is 1. The molecular formula is C27H25ClF4N6. The van der Waals surface area contributed by atoms with E-state index in [9.17, 15) is 17.6 Å². The molecule has 3 aromatic rings. The third-order valence-electron chi connectivity index (χ3n) is 6.41. The second kappa shape index (κ2) is 11.0. The second-order valence-corrected chi connectivity index (χ2v) is 9.58. The van der Waals surface area contributed by atoms with Crippen molar-refractivity contribution in [2.45, 2.75) is 32.0 Å². The van der Waals surface area contributed by atoms with Crippen LogP contribution in [0, 0.1) is 30.0 Å². The first-order chi connectivity index (χ1) is 17.9. The number of halogens is 5. The molecule has 1 aliphatic heterocycles. The molecule has 11 heteroatoms. The van der Waals surface area contributed by atoms with Gasteiger partial charge < -0.3 is 16.0 Å². The van der Waals surface area contributed by atoms with Crippen LogP contribution in [0.5, 0.6) is 0 Å². The summed E-state index contributed by atoms with van der Waals surface area (Å²) in [6, 6.07) is 6.01. The standard InChI is InChI=1S/C27H25ClF4N6/c1-15-3-4-17(20-12-18(27(30,31)32)13-21(28)24(20)29)11-16(15)5-6-22(33)23-25(34)35-14-36-26(23)37-19-7-9-38(2)10-8-19/h3-4,11-14,19,33H,7-10H2,1-2H3,(H3,34,35,36,37). The van der Waals surface area contributed by atoms with E-state index >= 15 is 0 Å². The fourth-order valence-corrected chi connectivity index (χ4v) is 4.40. The molecule has 1 aliphatic rings. The van der Waals surface area contributed by atoms with Gasteiger partial charge in [-0.2, -0.15) is 13.2 Å². The molecule has 0 amide bonds. The number of likely N-dealkylation sites (tertiary alicyclic amines) is 1. The number of alkyl halides is 3. The average molecular weight is 545 g/mol. The summed E-state index contributed by atoms with van der Waals surface area (Å²) in [4.78, 5) is 10.5. The molecule has 4 rings (SSSR count). The first-order valence-corrected chi connectivity index (χ1v) is 12.2. The number of rotatable bonds is 4. The summed E-state index contributed by atoms with van der Waals surface area (Å²) in [6.07, 6.45) is -1.56. The van der Waals surface area contributed by atoms with E-state index < -0.39 is 22.6 Å². The van der Waals surface area contributed by atoms with Crippen LogP contribution >= 0.6 is 11.6 Å². The van der Waals surface area contributed by atoms with Crippen LogP contribution in [-0.4, -0.2) is 46.8 Å². The normalized spacial score (nSPS) is 14.6. The van der Waals surface area contributed by atoms with Crippen molar-refractivity contribution in [1.29, 1.82) is 5.41 Å². The Bertz CT molecular complexity index is 1440. The van der Waals surface area contributed by atoms with Gasteiger partial charge in [-0.25, -0.2) is 14.4 Å². The summed E-state index contributed by atoms with van der Waals surface area (Å²) in [5, 5.41) is 11.3. The summed E-state index contributed by atoms with van der Waals surface area (Å²) in [5.41, 5.74) is 6.12. The zero-order valence-corrected chi connectivity index (χ0v) is 21.4. The van der Waals surface area contributed by atoms with Crippen molar-refractivity contribution in [1.82, 2.24) is 14.9 Å². The maximum atomic E-state index is 14.7. The first kappa shape index (κ1) is 27.4. The Balaban J connectivity index is 1.66. The van der Waals surface area contributed by atoms with Gasteiger partial charge in [0.05, 0.1) is 16.1 Å². The third kappa shape index (κ3) is 6.06. The van der Waals surface area contributed by atoms with Gasteiger partial charge in [-0.15, -0.1) is 0 Å². The van der Waals surface area contributed by atoms with E-state index in [4.69, 9.17) is 22.7 Å². The van der Waals surface area contributed by atoms with Crippen LogP contribution in [0.4, 0.5) is 29.2 Å². The Morgan fingerprint density at radius 1 is 1.18 bits per heavy atom. The van der Waals surface area contributed by atoms with Gasteiger partial charge in [0.2, 0.25) is 0 Å². The lowest BCUT2D eigenvalue weighted by atomic mass is 9.97. The Hall–Kier alpha value is -3.68. The van der Waals surface area contributed by atoms with Gasteiger partial charge in [-0.3, -0.25) is 5.41 Å². The molecule has 0 spiro atoms. The zero-order chi connectivity index (χ0) is 27.6. The number of hydrogen-bond acceptors (Lipinski definition) is 6. The molecule has 0 aliphatic carbocycles. The summed E-state index contributed by atoms with van der Waals surface area (Å²) < 4.78 is 54.6. The van der Waals surface area contributed by atoms with Gasteiger partial charge in [0, 0.05) is 17.2 Å². The highest BCUT2D eigenvalue weighted by Gasteiger charge is 2.32. The molecule has 4 N–H and O–H groups in total. The second-order valence-electron chi connectivity index (χ2n) is 9.18. The molecule has 1 fully saturated rings. The molecule has 1 saturated heterocycles. The number of nitrogens with one attached hydrogen (secondary N) is 2. The molecule has 0 radical (unpaired) electrons. The van der Waals surface area contributed by atoms with Gasteiger partial charge in [-0.1, -0.05) is 29.7 Å². The van der Waals surface area contributed by atoms with Crippen molar-refractivity contribution >= 4 is 28.9 Å². The van der Waals surface area contributed by atoms with E-state index in [1.54, 1.807) is 13.0 Å². The Labute approximate surface area is 222 Å². The fraction of sp³-hybridized carbons (Fsp3) is 0.296. The maximum Gasteiger partial charge on any atom is 0.416 e. The van der Waals surface area contributed by atoms with E-state index in [0.29, 0.717) is 29.1 Å². The molecule has 6 nitrogen and oxygen atoms in total. The Morgan fingerprint density at radius 2 is 1.89 bits per heavy atom. The number of nitrogens with two attached hydrogens (primary N) is 1. The number of anilines is 2. The van der Waals surface area contributed by atoms with Crippen molar-refractivity contribution in [2.24, 2.45) is 0 Å². The van der Waals surface area contributed by atoms with Crippen LogP contribution in [0.2, 0.25) is 5.02 Å². The number of hydrogen-bond donors (Lipinski definition) is 3. The van der Waals surface area contributed by atoms with Crippen LogP contribution in [0.25, 0.3) is 11.1 Å². The highest BCUT2D eigenvalue weighted by Crippen LogP contribution is 2.37. The molecule has 1 aromatic heterocycles. The minimum absolute atomic E-state index is 0.0980. The van der Waals surface area contributed by atoms with E-state index in [2.05, 4.69) is 39.1 Å². The number of nitrogens with zero attached hydrogens (tertiary/aromatic N) is 3. The largest absolute Gasteiger partial charge is 0.416 e. The number of aryl methyl sites for hydroxylation is 1. The first-order valence-electron chi connectivity index (χ1n) is 11.8. The lowest BCUT2D eigenvalue weighted by molar-refractivity contribution is -0.137. The van der Waals surface area contributed by atoms with Crippen molar-refractivity contribution in [3.05, 3.63) is 69.8 Å². The van der Waals surface area contributed by atoms with Gasteiger partial charge >= 0.3 is 6.18 Å². The minimum Gasteiger partial charge on any atom is -0.383 e. The molecule has 0 atom stereocenters. The van der Waals surface area contributed by atoms with E-state index in [1.165, 1.54) is 18.5 Å². The molecular weight excluding hydrogens is 520 g/mol. The molecule has 0 unspecified atom stereocenters. The van der Waals surface area contributed by atoms with Gasteiger partial charge in [0.25, 0.3) is 0 Å². The highest BCUT2D eigenvalue weighted by molar-refractivity contribution is 6.31. The van der Waals surface area contributed by atoms with Crippen LogP contribution in [0.3, 0.4) is 0 Å². The molecule has 0 bridgehead atoms. The molecule has 198 valence electrons. The van der Waals surface area contributed by atoms with Gasteiger partial charge in [0.1, 0.15) is 29.5 Å². The highest BCUT2D eigenvalue weighted by atomic mass is 35.5. The van der Waals surface area contributed by atoms with E-state index in [1.807, 2.05) is 0 Å². The minimum atomic E-state index is -4.69. The van der Waals surface area contributed by atoms with Crippen LogP contribution < -0.4 is 11.1 Å². The predicted octanol–water partition coefficient (Wildman–Crippen LogP) is 5.77. The van der Waals surface area contributed by atoms with Crippen molar-refractivity contribution in [3.8, 4) is 23.0 Å². The zero-order valence-electron chi connectivity index (χ0n) is 20.7. The lowest BCUT2D eigenvalue weighted by Crippen LogP contribution is -2.37. The molecule has 0 saturated carbocycles. The molecule has 38 heavy (non-hydrogen) atoms. The van der Waals surface area contributed by atoms with Crippen LogP contribution in [0.15, 0.2) is 36.7 Å². The summed E-state index contributed by atoms with van der Waals surface area (Å²) in [6.45, 7) is 3.61. The molecule has 2 aromatic carbocycles. The summed E-state index contributed by atoms with van der Waals surface area (Å²) in [5.74, 6) is 5.16. The number of benzene rings is 2. The summed E-state index contributed by atoms with van der Waals surface area (Å²) in [7, 11) is 2.06. The summed E-state index contributed by atoms with van der Waals surface area (Å²) >= 11 is 5.76. The van der Waals surface area contributed by atoms with Crippen molar-refractivity contribution < 1.29 is 17.6 Å².